The minimum Gasteiger partial charge on any atom is -0.497 e. The van der Waals surface area contributed by atoms with Crippen molar-refractivity contribution in [3.8, 4) is 28.7 Å². The van der Waals surface area contributed by atoms with Crippen molar-refractivity contribution in [2.45, 2.75) is 13.0 Å². The second-order valence-corrected chi connectivity index (χ2v) is 8.86. The van der Waals surface area contributed by atoms with Gasteiger partial charge in [-0.1, -0.05) is 18.2 Å². The standard InChI is InChI=1S/C28H30N4O5/c1-18-17-31(12-13-32(18)28(33)29-19-14-20(34-2)16-21(15-19)35-3)27-22-8-7-11-25(36-4)26(22)37-24-10-6-5-9-23(24)30-27/h5-11,14-16,18H,12-13,17H2,1-4H3,(H,29,33). The van der Waals surface area contributed by atoms with E-state index in [1.807, 2.05) is 54.3 Å². The van der Waals surface area contributed by atoms with Gasteiger partial charge in [0.15, 0.2) is 17.2 Å². The van der Waals surface area contributed by atoms with Crippen LogP contribution in [-0.2, 0) is 0 Å². The average Bonchev–Trinajstić information content (AvgIpc) is 3.09. The molecule has 1 fully saturated rings. The minimum atomic E-state index is -0.180. The van der Waals surface area contributed by atoms with Crippen molar-refractivity contribution in [2.24, 2.45) is 4.99 Å². The number of aliphatic imine (C=N–C) groups is 1. The van der Waals surface area contributed by atoms with Gasteiger partial charge in [-0.15, -0.1) is 0 Å². The van der Waals surface area contributed by atoms with E-state index in [1.165, 1.54) is 0 Å². The maximum atomic E-state index is 13.2. The summed E-state index contributed by atoms with van der Waals surface area (Å²) in [7, 11) is 4.79. The molecule has 2 aliphatic heterocycles. The number of hydrogen-bond donors (Lipinski definition) is 1. The molecule has 5 rings (SSSR count). The molecule has 0 saturated carbocycles. The van der Waals surface area contributed by atoms with Crippen LogP contribution in [-0.4, -0.2) is 68.7 Å². The van der Waals surface area contributed by atoms with E-state index in [1.54, 1.807) is 39.5 Å². The first-order valence-corrected chi connectivity index (χ1v) is 12.1. The van der Waals surface area contributed by atoms with Crippen molar-refractivity contribution in [1.82, 2.24) is 9.80 Å². The van der Waals surface area contributed by atoms with E-state index < -0.39 is 0 Å². The summed E-state index contributed by atoms with van der Waals surface area (Å²) in [4.78, 5) is 22.2. The third kappa shape index (κ3) is 4.84. The first kappa shape index (κ1) is 24.3. The number of ether oxygens (including phenoxy) is 4. The summed E-state index contributed by atoms with van der Waals surface area (Å²) in [5.41, 5.74) is 2.21. The Hall–Kier alpha value is -4.40. The molecule has 37 heavy (non-hydrogen) atoms. The highest BCUT2D eigenvalue weighted by atomic mass is 16.5. The van der Waals surface area contributed by atoms with Gasteiger partial charge in [-0.2, -0.15) is 0 Å². The summed E-state index contributed by atoms with van der Waals surface area (Å²) in [6.07, 6.45) is 0. The molecule has 192 valence electrons. The van der Waals surface area contributed by atoms with E-state index in [9.17, 15) is 4.79 Å². The summed E-state index contributed by atoms with van der Waals surface area (Å²) >= 11 is 0. The van der Waals surface area contributed by atoms with Crippen LogP contribution in [0.4, 0.5) is 16.2 Å². The van der Waals surface area contributed by atoms with Gasteiger partial charge in [0.05, 0.1) is 26.9 Å². The van der Waals surface area contributed by atoms with Crippen molar-refractivity contribution in [3.05, 3.63) is 66.2 Å². The molecule has 1 saturated heterocycles. The predicted octanol–water partition coefficient (Wildman–Crippen LogP) is 5.13. The lowest BCUT2D eigenvalue weighted by molar-refractivity contribution is 0.145. The van der Waals surface area contributed by atoms with Gasteiger partial charge < -0.3 is 34.1 Å². The van der Waals surface area contributed by atoms with E-state index in [0.29, 0.717) is 54.1 Å². The molecule has 0 bridgehead atoms. The number of fused-ring (bicyclic) bond motifs is 2. The SMILES string of the molecule is COc1cc(NC(=O)N2CCN(C3=Nc4ccccc4Oc4c(OC)cccc43)CC2C)cc(OC)c1. The number of nitrogens with zero attached hydrogens (tertiary/aromatic N) is 3. The van der Waals surface area contributed by atoms with E-state index in [-0.39, 0.29) is 12.1 Å². The zero-order valence-corrected chi connectivity index (χ0v) is 21.4. The molecule has 1 atom stereocenters. The number of benzene rings is 3. The first-order valence-electron chi connectivity index (χ1n) is 12.1. The van der Waals surface area contributed by atoms with Gasteiger partial charge in [0.2, 0.25) is 0 Å². The van der Waals surface area contributed by atoms with E-state index in [2.05, 4.69) is 10.2 Å². The number of piperazine rings is 1. The molecule has 1 N–H and O–H groups in total. The molecule has 3 aromatic rings. The van der Waals surface area contributed by atoms with Crippen LogP contribution in [0.1, 0.15) is 12.5 Å². The first-order chi connectivity index (χ1) is 18.0. The summed E-state index contributed by atoms with van der Waals surface area (Å²) in [6, 6.07) is 18.5. The van der Waals surface area contributed by atoms with Crippen molar-refractivity contribution in [3.63, 3.8) is 0 Å². The molecule has 9 heteroatoms. The smallest absolute Gasteiger partial charge is 0.322 e. The molecule has 1 unspecified atom stereocenters. The quantitative estimate of drug-likeness (QED) is 0.532. The van der Waals surface area contributed by atoms with Gasteiger partial charge in [-0.25, -0.2) is 9.79 Å². The fraction of sp³-hybridized carbons (Fsp3) is 0.286. The normalized spacial score (nSPS) is 16.4. The largest absolute Gasteiger partial charge is 0.497 e. The zero-order chi connectivity index (χ0) is 25.9. The summed E-state index contributed by atoms with van der Waals surface area (Å²) in [5, 5.41) is 2.98. The molecule has 2 heterocycles. The third-order valence-corrected chi connectivity index (χ3v) is 6.53. The van der Waals surface area contributed by atoms with Gasteiger partial charge >= 0.3 is 6.03 Å². The number of para-hydroxylation sites is 3. The lowest BCUT2D eigenvalue weighted by atomic mass is 10.1. The fourth-order valence-electron chi connectivity index (χ4n) is 4.65. The molecule has 0 aromatic heterocycles. The molecule has 9 nitrogen and oxygen atoms in total. The molecule has 2 amide bonds. The number of hydrogen-bond acceptors (Lipinski definition) is 7. The number of rotatable bonds is 4. The van der Waals surface area contributed by atoms with Crippen LogP contribution >= 0.6 is 0 Å². The van der Waals surface area contributed by atoms with Crippen LogP contribution in [0.25, 0.3) is 0 Å². The minimum absolute atomic E-state index is 0.0718. The Kier molecular flexibility index (Phi) is 6.76. The molecule has 0 spiro atoms. The van der Waals surface area contributed by atoms with E-state index in [4.69, 9.17) is 23.9 Å². The highest BCUT2D eigenvalue weighted by Gasteiger charge is 2.32. The highest BCUT2D eigenvalue weighted by molar-refractivity contribution is 6.04. The lowest BCUT2D eigenvalue weighted by Crippen LogP contribution is -2.56. The van der Waals surface area contributed by atoms with Crippen LogP contribution in [0.3, 0.4) is 0 Å². The Morgan fingerprint density at radius 2 is 1.73 bits per heavy atom. The van der Waals surface area contributed by atoms with Gasteiger partial charge in [0.1, 0.15) is 23.0 Å². The van der Waals surface area contributed by atoms with Crippen LogP contribution in [0.5, 0.6) is 28.7 Å². The number of amidine groups is 1. The maximum Gasteiger partial charge on any atom is 0.322 e. The van der Waals surface area contributed by atoms with Crippen LogP contribution in [0.15, 0.2) is 65.7 Å². The van der Waals surface area contributed by atoms with Crippen molar-refractivity contribution < 1.29 is 23.7 Å². The van der Waals surface area contributed by atoms with Crippen LogP contribution < -0.4 is 24.3 Å². The molecule has 3 aromatic carbocycles. The molecular weight excluding hydrogens is 472 g/mol. The summed E-state index contributed by atoms with van der Waals surface area (Å²) < 4.78 is 22.5. The fourth-order valence-corrected chi connectivity index (χ4v) is 4.65. The van der Waals surface area contributed by atoms with Crippen molar-refractivity contribution in [1.29, 1.82) is 0 Å². The Morgan fingerprint density at radius 3 is 2.43 bits per heavy atom. The van der Waals surface area contributed by atoms with Gasteiger partial charge in [0.25, 0.3) is 0 Å². The monoisotopic (exact) mass is 502 g/mol. The summed E-state index contributed by atoms with van der Waals surface area (Å²) in [5.74, 6) is 3.95. The second kappa shape index (κ2) is 10.3. The average molecular weight is 503 g/mol. The zero-order valence-electron chi connectivity index (χ0n) is 21.4. The van der Waals surface area contributed by atoms with Crippen LogP contribution in [0.2, 0.25) is 0 Å². The number of nitrogens with one attached hydrogen (secondary N) is 1. The third-order valence-electron chi connectivity index (χ3n) is 6.53. The van der Waals surface area contributed by atoms with E-state index >= 15 is 0 Å². The van der Waals surface area contributed by atoms with Crippen molar-refractivity contribution >= 4 is 23.2 Å². The molecule has 2 aliphatic rings. The van der Waals surface area contributed by atoms with Gasteiger partial charge in [0, 0.05) is 49.6 Å². The summed E-state index contributed by atoms with van der Waals surface area (Å²) in [6.45, 7) is 3.77. The predicted molar refractivity (Wildman–Crippen MR) is 142 cm³/mol. The molecular formula is C28H30N4O5. The van der Waals surface area contributed by atoms with Crippen molar-refractivity contribution in [2.75, 3.05) is 46.3 Å². The Balaban J connectivity index is 1.39. The Morgan fingerprint density at radius 1 is 0.973 bits per heavy atom. The second-order valence-electron chi connectivity index (χ2n) is 8.86. The number of anilines is 1. The highest BCUT2D eigenvalue weighted by Crippen LogP contribution is 2.42. The number of methoxy groups -OCH3 is 3. The van der Waals surface area contributed by atoms with Gasteiger partial charge in [-0.3, -0.25) is 0 Å². The number of urea groups is 1. The number of carbonyl (C=O) groups excluding carboxylic acids is 1. The van der Waals surface area contributed by atoms with E-state index in [0.717, 1.165) is 17.1 Å². The maximum absolute atomic E-state index is 13.2. The Labute approximate surface area is 216 Å². The number of carbonyl (C=O) groups is 1. The number of amides is 2. The van der Waals surface area contributed by atoms with Gasteiger partial charge in [-0.05, 0) is 31.2 Å². The van der Waals surface area contributed by atoms with Crippen LogP contribution in [0, 0.1) is 0 Å². The lowest BCUT2D eigenvalue weighted by Gasteiger charge is -2.41. The topological polar surface area (TPSA) is 84.9 Å². The Bertz CT molecular complexity index is 1320. The molecule has 0 aliphatic carbocycles. The molecule has 0 radical (unpaired) electrons.